The van der Waals surface area contributed by atoms with Gasteiger partial charge in [0.25, 0.3) is 0 Å². The van der Waals surface area contributed by atoms with Crippen molar-refractivity contribution >= 4 is 5.97 Å². The largest absolute Gasteiger partial charge is 0.478 e. The Morgan fingerprint density at radius 3 is 2.46 bits per heavy atom. The Bertz CT molecular complexity index is 175. The van der Waals surface area contributed by atoms with Crippen LogP contribution in [0.5, 0.6) is 0 Å². The topological polar surface area (TPSA) is 46.5 Å². The van der Waals surface area contributed by atoms with E-state index in [2.05, 4.69) is 6.58 Å². The minimum absolute atomic E-state index is 0.162. The van der Waals surface area contributed by atoms with Crippen LogP contribution in [0.4, 0.5) is 0 Å². The number of hydrogen-bond donors (Lipinski definition) is 1. The predicted octanol–water partition coefficient (Wildman–Crippen LogP) is 2.22. The maximum atomic E-state index is 10.6. The number of carboxylic acid groups (broad SMARTS) is 1. The Morgan fingerprint density at radius 2 is 2.08 bits per heavy atom. The molecule has 0 aromatic carbocycles. The first-order valence-electron chi connectivity index (χ1n) is 4.67. The zero-order valence-electron chi connectivity index (χ0n) is 8.38. The maximum absolute atomic E-state index is 10.6. The highest BCUT2D eigenvalue weighted by molar-refractivity contribution is 5.86. The Kier molecular flexibility index (Phi) is 6.24. The van der Waals surface area contributed by atoms with E-state index in [0.29, 0.717) is 6.61 Å². The summed E-state index contributed by atoms with van der Waals surface area (Å²) in [6, 6.07) is 0. The summed E-state index contributed by atoms with van der Waals surface area (Å²) in [5.41, 5.74) is 0.162. The number of rotatable bonds is 7. The van der Waals surface area contributed by atoms with Crippen LogP contribution >= 0.6 is 0 Å². The van der Waals surface area contributed by atoms with Crippen LogP contribution in [0.2, 0.25) is 0 Å². The fourth-order valence-corrected chi connectivity index (χ4v) is 1.02. The highest BCUT2D eigenvalue weighted by atomic mass is 16.5. The summed E-state index contributed by atoms with van der Waals surface area (Å²) in [5, 5.41) is 8.70. The van der Waals surface area contributed by atoms with Gasteiger partial charge in [-0.3, -0.25) is 0 Å². The second-order valence-electron chi connectivity index (χ2n) is 2.98. The van der Waals surface area contributed by atoms with Gasteiger partial charge in [-0.25, -0.2) is 4.79 Å². The molecule has 0 saturated carbocycles. The van der Waals surface area contributed by atoms with E-state index in [1.54, 1.807) is 0 Å². The van der Waals surface area contributed by atoms with Gasteiger partial charge in [-0.05, 0) is 12.8 Å². The summed E-state index contributed by atoms with van der Waals surface area (Å²) in [7, 11) is 0. The molecule has 0 heterocycles. The molecule has 0 aliphatic heterocycles. The zero-order chi connectivity index (χ0) is 10.3. The minimum Gasteiger partial charge on any atom is -0.478 e. The summed E-state index contributed by atoms with van der Waals surface area (Å²) in [4.78, 5) is 10.6. The molecule has 0 saturated heterocycles. The van der Waals surface area contributed by atoms with Gasteiger partial charge in [0.15, 0.2) is 0 Å². The van der Waals surface area contributed by atoms with E-state index in [1.165, 1.54) is 0 Å². The maximum Gasteiger partial charge on any atom is 0.333 e. The quantitative estimate of drug-likeness (QED) is 0.620. The van der Waals surface area contributed by atoms with Crippen molar-refractivity contribution in [2.75, 3.05) is 6.61 Å². The third kappa shape index (κ3) is 4.68. The Morgan fingerprint density at radius 1 is 1.46 bits per heavy atom. The van der Waals surface area contributed by atoms with E-state index in [0.717, 1.165) is 19.3 Å². The van der Waals surface area contributed by atoms with Gasteiger partial charge >= 0.3 is 5.97 Å². The smallest absolute Gasteiger partial charge is 0.333 e. The van der Waals surface area contributed by atoms with Crippen LogP contribution in [-0.2, 0) is 9.53 Å². The summed E-state index contributed by atoms with van der Waals surface area (Å²) >= 11 is 0. The van der Waals surface area contributed by atoms with Crippen molar-refractivity contribution in [2.45, 2.75) is 39.2 Å². The summed E-state index contributed by atoms with van der Waals surface area (Å²) in [5.74, 6) is -0.963. The fourth-order valence-electron chi connectivity index (χ4n) is 1.02. The van der Waals surface area contributed by atoms with Gasteiger partial charge in [0, 0.05) is 6.61 Å². The fraction of sp³-hybridized carbons (Fsp3) is 0.700. The SMILES string of the molecule is C=C(C(=O)O)C(CCC)OCCC. The molecule has 1 N–H and O–H groups in total. The van der Waals surface area contributed by atoms with E-state index in [9.17, 15) is 4.79 Å². The summed E-state index contributed by atoms with van der Waals surface area (Å²) < 4.78 is 5.37. The van der Waals surface area contributed by atoms with Crippen molar-refractivity contribution in [1.29, 1.82) is 0 Å². The van der Waals surface area contributed by atoms with Crippen LogP contribution in [0.15, 0.2) is 12.2 Å². The second kappa shape index (κ2) is 6.66. The number of ether oxygens (including phenoxy) is 1. The molecular weight excluding hydrogens is 168 g/mol. The van der Waals surface area contributed by atoms with E-state index < -0.39 is 5.97 Å². The molecule has 0 fully saturated rings. The highest BCUT2D eigenvalue weighted by Crippen LogP contribution is 2.11. The summed E-state index contributed by atoms with van der Waals surface area (Å²) in [6.07, 6.45) is 2.21. The third-order valence-electron chi connectivity index (χ3n) is 1.74. The molecular formula is C10H18O3. The van der Waals surface area contributed by atoms with Gasteiger partial charge < -0.3 is 9.84 Å². The van der Waals surface area contributed by atoms with E-state index in [4.69, 9.17) is 9.84 Å². The van der Waals surface area contributed by atoms with Crippen molar-refractivity contribution in [3.8, 4) is 0 Å². The van der Waals surface area contributed by atoms with E-state index in [1.807, 2.05) is 13.8 Å². The van der Waals surface area contributed by atoms with E-state index >= 15 is 0 Å². The van der Waals surface area contributed by atoms with Crippen molar-refractivity contribution in [2.24, 2.45) is 0 Å². The molecule has 0 aliphatic carbocycles. The number of carboxylic acids is 1. The van der Waals surface area contributed by atoms with Gasteiger partial charge in [0.2, 0.25) is 0 Å². The normalized spacial score (nSPS) is 12.5. The Hall–Kier alpha value is -0.830. The molecule has 13 heavy (non-hydrogen) atoms. The molecule has 0 aromatic rings. The second-order valence-corrected chi connectivity index (χ2v) is 2.98. The van der Waals surface area contributed by atoms with Crippen LogP contribution in [0, 0.1) is 0 Å². The first kappa shape index (κ1) is 12.2. The molecule has 0 aliphatic rings. The average molecular weight is 186 g/mol. The number of hydrogen-bond acceptors (Lipinski definition) is 2. The van der Waals surface area contributed by atoms with Crippen molar-refractivity contribution in [3.63, 3.8) is 0 Å². The van der Waals surface area contributed by atoms with Crippen LogP contribution in [0.25, 0.3) is 0 Å². The molecule has 0 spiro atoms. The minimum atomic E-state index is -0.963. The molecule has 0 aromatic heterocycles. The highest BCUT2D eigenvalue weighted by Gasteiger charge is 2.17. The Balaban J connectivity index is 4.06. The van der Waals surface area contributed by atoms with Crippen LogP contribution in [-0.4, -0.2) is 23.8 Å². The van der Waals surface area contributed by atoms with E-state index in [-0.39, 0.29) is 11.7 Å². The van der Waals surface area contributed by atoms with Gasteiger partial charge in [-0.1, -0.05) is 26.8 Å². The van der Waals surface area contributed by atoms with Gasteiger partial charge in [-0.2, -0.15) is 0 Å². The lowest BCUT2D eigenvalue weighted by molar-refractivity contribution is -0.134. The molecule has 0 radical (unpaired) electrons. The first-order valence-corrected chi connectivity index (χ1v) is 4.67. The zero-order valence-corrected chi connectivity index (χ0v) is 8.38. The molecule has 0 rings (SSSR count). The van der Waals surface area contributed by atoms with Crippen LogP contribution in [0.3, 0.4) is 0 Å². The summed E-state index contributed by atoms with van der Waals surface area (Å²) in [6.45, 7) is 8.09. The number of carbonyl (C=O) groups is 1. The number of aliphatic carboxylic acids is 1. The van der Waals surface area contributed by atoms with Crippen LogP contribution in [0.1, 0.15) is 33.1 Å². The standard InChI is InChI=1S/C10H18O3/c1-4-6-9(13-7-5-2)8(3)10(11)12/h9H,3-7H2,1-2H3,(H,11,12). The molecule has 3 nitrogen and oxygen atoms in total. The predicted molar refractivity (Wildman–Crippen MR) is 51.7 cm³/mol. The lowest BCUT2D eigenvalue weighted by atomic mass is 10.1. The molecule has 76 valence electrons. The molecule has 1 unspecified atom stereocenters. The average Bonchev–Trinajstić information content (AvgIpc) is 2.11. The molecule has 1 atom stereocenters. The van der Waals surface area contributed by atoms with Crippen molar-refractivity contribution in [3.05, 3.63) is 12.2 Å². The first-order chi connectivity index (χ1) is 6.13. The van der Waals surface area contributed by atoms with Gasteiger partial charge in [-0.15, -0.1) is 0 Å². The lowest BCUT2D eigenvalue weighted by Crippen LogP contribution is -2.21. The monoisotopic (exact) mass is 186 g/mol. The lowest BCUT2D eigenvalue weighted by Gasteiger charge is -2.16. The van der Waals surface area contributed by atoms with Crippen molar-refractivity contribution in [1.82, 2.24) is 0 Å². The van der Waals surface area contributed by atoms with Gasteiger partial charge in [0.05, 0.1) is 11.7 Å². The van der Waals surface area contributed by atoms with Gasteiger partial charge in [0.1, 0.15) is 0 Å². The molecule has 0 bridgehead atoms. The van der Waals surface area contributed by atoms with Crippen molar-refractivity contribution < 1.29 is 14.6 Å². The van der Waals surface area contributed by atoms with Crippen LogP contribution < -0.4 is 0 Å². The Labute approximate surface area is 79.4 Å². The third-order valence-corrected chi connectivity index (χ3v) is 1.74. The molecule has 3 heteroatoms. The molecule has 0 amide bonds.